The Bertz CT molecular complexity index is 1040. The summed E-state index contributed by atoms with van der Waals surface area (Å²) >= 11 is 6.25. The van der Waals surface area contributed by atoms with Crippen LogP contribution in [-0.4, -0.2) is 36.4 Å². The SMILES string of the molecule is C=CCn1c(CSc2nc(C)cc(C)n2)nnc1SCC(=O)Nc1cccc(Br)c1. The number of carbonyl (C=O) groups excluding carboxylic acids is 1. The molecule has 0 unspecified atom stereocenters. The molecule has 0 atom stereocenters. The zero-order valence-electron chi connectivity index (χ0n) is 16.6. The van der Waals surface area contributed by atoms with Crippen LogP contribution >= 0.6 is 39.5 Å². The number of amides is 1. The van der Waals surface area contributed by atoms with Gasteiger partial charge in [0.05, 0.1) is 11.5 Å². The standard InChI is InChI=1S/C20H21BrN6OS2/c1-4-8-27-17(11-29-19-22-13(2)9-14(3)23-19)25-26-20(27)30-12-18(28)24-16-7-5-6-15(21)10-16/h4-7,9-10H,1,8,11-12H2,2-3H3,(H,24,28). The number of aromatic nitrogens is 5. The first-order valence-electron chi connectivity index (χ1n) is 9.11. The minimum absolute atomic E-state index is 0.106. The van der Waals surface area contributed by atoms with Crippen LogP contribution in [0.15, 0.2) is 57.8 Å². The number of nitrogens with zero attached hydrogens (tertiary/aromatic N) is 5. The number of thioether (sulfide) groups is 2. The molecule has 30 heavy (non-hydrogen) atoms. The summed E-state index contributed by atoms with van der Waals surface area (Å²) in [5.74, 6) is 1.49. The van der Waals surface area contributed by atoms with E-state index < -0.39 is 0 Å². The van der Waals surface area contributed by atoms with Crippen molar-refractivity contribution in [2.24, 2.45) is 0 Å². The van der Waals surface area contributed by atoms with Gasteiger partial charge >= 0.3 is 0 Å². The van der Waals surface area contributed by atoms with Gasteiger partial charge in [0.2, 0.25) is 5.91 Å². The van der Waals surface area contributed by atoms with Gasteiger partial charge in [-0.05, 0) is 38.1 Å². The minimum Gasteiger partial charge on any atom is -0.325 e. The first kappa shape index (κ1) is 22.5. The van der Waals surface area contributed by atoms with Crippen molar-refractivity contribution in [2.75, 3.05) is 11.1 Å². The van der Waals surface area contributed by atoms with Crippen LogP contribution in [0.4, 0.5) is 5.69 Å². The number of carbonyl (C=O) groups is 1. The third-order valence-electron chi connectivity index (χ3n) is 3.84. The summed E-state index contributed by atoms with van der Waals surface area (Å²) in [5, 5.41) is 12.8. The van der Waals surface area contributed by atoms with E-state index in [-0.39, 0.29) is 11.7 Å². The van der Waals surface area contributed by atoms with Crippen molar-refractivity contribution in [3.63, 3.8) is 0 Å². The van der Waals surface area contributed by atoms with Gasteiger partial charge in [-0.2, -0.15) is 0 Å². The van der Waals surface area contributed by atoms with Gasteiger partial charge in [-0.15, -0.1) is 16.8 Å². The molecule has 0 bridgehead atoms. The summed E-state index contributed by atoms with van der Waals surface area (Å²) in [6.45, 7) is 8.28. The summed E-state index contributed by atoms with van der Waals surface area (Å²) in [5.41, 5.74) is 2.61. The lowest BCUT2D eigenvalue weighted by atomic mass is 10.3. The lowest BCUT2D eigenvalue weighted by Crippen LogP contribution is -2.14. The van der Waals surface area contributed by atoms with Crippen molar-refractivity contribution >= 4 is 51.0 Å². The molecule has 0 fully saturated rings. The molecule has 0 saturated carbocycles. The fourth-order valence-electron chi connectivity index (χ4n) is 2.63. The molecule has 0 radical (unpaired) electrons. The molecule has 156 valence electrons. The molecular weight excluding hydrogens is 484 g/mol. The van der Waals surface area contributed by atoms with Crippen LogP contribution in [0.1, 0.15) is 17.2 Å². The van der Waals surface area contributed by atoms with Crippen LogP contribution in [0.3, 0.4) is 0 Å². The number of halogens is 1. The lowest BCUT2D eigenvalue weighted by molar-refractivity contribution is -0.113. The summed E-state index contributed by atoms with van der Waals surface area (Å²) in [4.78, 5) is 21.2. The van der Waals surface area contributed by atoms with Crippen LogP contribution in [0, 0.1) is 13.8 Å². The Balaban J connectivity index is 1.63. The maximum Gasteiger partial charge on any atom is 0.234 e. The monoisotopic (exact) mass is 504 g/mol. The van der Waals surface area contributed by atoms with Gasteiger partial charge in [0.25, 0.3) is 0 Å². The Kier molecular flexibility index (Phi) is 8.06. The van der Waals surface area contributed by atoms with E-state index in [1.807, 2.05) is 48.7 Å². The highest BCUT2D eigenvalue weighted by molar-refractivity contribution is 9.10. The molecule has 2 heterocycles. The molecular formula is C20H21BrN6OS2. The zero-order chi connectivity index (χ0) is 21.5. The van der Waals surface area contributed by atoms with Crippen molar-refractivity contribution < 1.29 is 4.79 Å². The third kappa shape index (κ3) is 6.41. The molecule has 3 aromatic rings. The maximum atomic E-state index is 12.3. The van der Waals surface area contributed by atoms with E-state index in [1.165, 1.54) is 23.5 Å². The molecule has 10 heteroatoms. The molecule has 0 spiro atoms. The Morgan fingerprint density at radius 1 is 1.20 bits per heavy atom. The third-order valence-corrected chi connectivity index (χ3v) is 6.14. The Morgan fingerprint density at radius 3 is 2.67 bits per heavy atom. The van der Waals surface area contributed by atoms with Gasteiger partial charge in [0.15, 0.2) is 10.3 Å². The number of hydrogen-bond acceptors (Lipinski definition) is 7. The lowest BCUT2D eigenvalue weighted by Gasteiger charge is -2.08. The molecule has 1 aromatic carbocycles. The number of anilines is 1. The average Bonchev–Trinajstić information content (AvgIpc) is 3.06. The predicted octanol–water partition coefficient (Wildman–Crippen LogP) is 4.66. The molecule has 3 rings (SSSR count). The van der Waals surface area contributed by atoms with Gasteiger partial charge in [-0.3, -0.25) is 4.79 Å². The van der Waals surface area contributed by atoms with Crippen molar-refractivity contribution in [1.29, 1.82) is 0 Å². The second-order valence-corrected chi connectivity index (χ2v) is 9.17. The largest absolute Gasteiger partial charge is 0.325 e. The minimum atomic E-state index is -0.106. The fraction of sp³-hybridized carbons (Fsp3) is 0.250. The van der Waals surface area contributed by atoms with Gasteiger partial charge in [-0.1, -0.05) is 51.6 Å². The van der Waals surface area contributed by atoms with Gasteiger partial charge in [0.1, 0.15) is 5.82 Å². The molecule has 2 aromatic heterocycles. The molecule has 1 N–H and O–H groups in total. The number of allylic oxidation sites excluding steroid dienone is 1. The van der Waals surface area contributed by atoms with Crippen LogP contribution in [-0.2, 0) is 17.1 Å². The van der Waals surface area contributed by atoms with Gasteiger partial charge in [-0.25, -0.2) is 9.97 Å². The summed E-state index contributed by atoms with van der Waals surface area (Å²) < 4.78 is 2.87. The normalized spacial score (nSPS) is 10.8. The van der Waals surface area contributed by atoms with Gasteiger partial charge in [0, 0.05) is 28.1 Å². The van der Waals surface area contributed by atoms with Gasteiger partial charge < -0.3 is 9.88 Å². The van der Waals surface area contributed by atoms with Crippen molar-refractivity contribution in [1.82, 2.24) is 24.7 Å². The Morgan fingerprint density at radius 2 is 1.97 bits per heavy atom. The first-order valence-corrected chi connectivity index (χ1v) is 11.9. The molecule has 7 nitrogen and oxygen atoms in total. The summed E-state index contributed by atoms with van der Waals surface area (Å²) in [7, 11) is 0. The van der Waals surface area contributed by atoms with E-state index in [9.17, 15) is 4.79 Å². The average molecular weight is 505 g/mol. The number of rotatable bonds is 9. The second kappa shape index (κ2) is 10.7. The summed E-state index contributed by atoms with van der Waals surface area (Å²) in [6, 6.07) is 9.42. The van der Waals surface area contributed by atoms with E-state index in [1.54, 1.807) is 6.08 Å². The van der Waals surface area contributed by atoms with Crippen molar-refractivity contribution in [3.8, 4) is 0 Å². The highest BCUT2D eigenvalue weighted by Crippen LogP contribution is 2.23. The predicted molar refractivity (Wildman–Crippen MR) is 125 cm³/mol. The van der Waals surface area contributed by atoms with Crippen molar-refractivity contribution in [2.45, 2.75) is 36.5 Å². The highest BCUT2D eigenvalue weighted by Gasteiger charge is 2.15. The van der Waals surface area contributed by atoms with E-state index in [4.69, 9.17) is 0 Å². The smallest absolute Gasteiger partial charge is 0.234 e. The maximum absolute atomic E-state index is 12.3. The Hall–Kier alpha value is -2.17. The molecule has 0 aliphatic heterocycles. The summed E-state index contributed by atoms with van der Waals surface area (Å²) in [6.07, 6.45) is 1.79. The van der Waals surface area contributed by atoms with E-state index >= 15 is 0 Å². The Labute approximate surface area is 192 Å². The molecule has 0 aliphatic carbocycles. The number of hydrogen-bond donors (Lipinski definition) is 1. The van der Waals surface area contributed by atoms with Crippen LogP contribution < -0.4 is 5.32 Å². The molecule has 1 amide bonds. The number of nitrogens with one attached hydrogen (secondary N) is 1. The highest BCUT2D eigenvalue weighted by atomic mass is 79.9. The van der Waals surface area contributed by atoms with E-state index in [2.05, 4.69) is 48.0 Å². The van der Waals surface area contributed by atoms with Crippen molar-refractivity contribution in [3.05, 3.63) is 64.7 Å². The molecule has 0 aliphatic rings. The zero-order valence-corrected chi connectivity index (χ0v) is 19.9. The first-order chi connectivity index (χ1) is 14.4. The molecule has 0 saturated heterocycles. The van der Waals surface area contributed by atoms with Crippen LogP contribution in [0.25, 0.3) is 0 Å². The fourth-order valence-corrected chi connectivity index (χ4v) is 4.68. The quantitative estimate of drug-likeness (QED) is 0.257. The van der Waals surface area contributed by atoms with E-state index in [0.29, 0.717) is 22.6 Å². The van der Waals surface area contributed by atoms with Crippen LogP contribution in [0.5, 0.6) is 0 Å². The van der Waals surface area contributed by atoms with E-state index in [0.717, 1.165) is 27.4 Å². The second-order valence-electron chi connectivity index (χ2n) is 6.37. The van der Waals surface area contributed by atoms with Crippen LogP contribution in [0.2, 0.25) is 0 Å². The number of benzene rings is 1. The topological polar surface area (TPSA) is 85.6 Å². The number of aryl methyl sites for hydroxylation is 2.